The van der Waals surface area contributed by atoms with Gasteiger partial charge in [-0.2, -0.15) is 0 Å². The fourth-order valence-electron chi connectivity index (χ4n) is 2.17. The van der Waals surface area contributed by atoms with E-state index in [0.29, 0.717) is 19.6 Å². The van der Waals surface area contributed by atoms with E-state index in [9.17, 15) is 4.79 Å². The quantitative estimate of drug-likeness (QED) is 0.621. The van der Waals surface area contributed by atoms with Gasteiger partial charge in [0.05, 0.1) is 19.6 Å². The van der Waals surface area contributed by atoms with E-state index < -0.39 is 5.79 Å². The van der Waals surface area contributed by atoms with Gasteiger partial charge < -0.3 is 9.47 Å². The van der Waals surface area contributed by atoms with Crippen molar-refractivity contribution >= 4 is 5.78 Å². The smallest absolute Gasteiger partial charge is 0.203 e. The molecule has 1 aromatic rings. The van der Waals surface area contributed by atoms with Crippen molar-refractivity contribution in [2.24, 2.45) is 0 Å². The van der Waals surface area contributed by atoms with Gasteiger partial charge in [0, 0.05) is 11.1 Å². The zero-order valence-electron chi connectivity index (χ0n) is 7.66. The third kappa shape index (κ3) is 0.910. The van der Waals surface area contributed by atoms with Crippen molar-refractivity contribution in [1.29, 1.82) is 0 Å². The summed E-state index contributed by atoms with van der Waals surface area (Å²) < 4.78 is 11.1. The number of Topliss-reactive ketones (excluding diaryl/α,β-unsaturated/α-hetero) is 1. The number of carbonyl (C=O) groups is 1. The molecule has 1 fully saturated rings. The van der Waals surface area contributed by atoms with Crippen molar-refractivity contribution in [2.45, 2.75) is 12.2 Å². The number of fused-ring (bicyclic) bond motifs is 2. The van der Waals surface area contributed by atoms with Crippen LogP contribution in [-0.2, 0) is 15.3 Å². The lowest BCUT2D eigenvalue weighted by Crippen LogP contribution is -2.23. The van der Waals surface area contributed by atoms with Gasteiger partial charge in [-0.25, -0.2) is 0 Å². The van der Waals surface area contributed by atoms with Crippen LogP contribution >= 0.6 is 0 Å². The van der Waals surface area contributed by atoms with Crippen molar-refractivity contribution in [3.8, 4) is 0 Å². The summed E-state index contributed by atoms with van der Waals surface area (Å²) in [6, 6.07) is 7.51. The first kappa shape index (κ1) is 8.15. The summed E-state index contributed by atoms with van der Waals surface area (Å²) in [6.07, 6.45) is 0.326. The summed E-state index contributed by atoms with van der Waals surface area (Å²) in [5.41, 5.74) is 1.64. The van der Waals surface area contributed by atoms with Gasteiger partial charge in [0.15, 0.2) is 5.78 Å². The summed E-state index contributed by atoms with van der Waals surface area (Å²) in [7, 11) is 0. The van der Waals surface area contributed by atoms with Crippen LogP contribution in [0.2, 0.25) is 0 Å². The summed E-state index contributed by atoms with van der Waals surface area (Å²) in [4.78, 5) is 11.7. The minimum Gasteiger partial charge on any atom is -0.343 e. The molecule has 3 heteroatoms. The number of benzene rings is 1. The molecule has 0 saturated carbocycles. The van der Waals surface area contributed by atoms with Gasteiger partial charge in [-0.15, -0.1) is 0 Å². The summed E-state index contributed by atoms with van der Waals surface area (Å²) >= 11 is 0. The fraction of sp³-hybridized carbons (Fsp3) is 0.364. The van der Waals surface area contributed by atoms with Gasteiger partial charge in [0.1, 0.15) is 0 Å². The van der Waals surface area contributed by atoms with E-state index in [1.807, 2.05) is 24.3 Å². The summed E-state index contributed by atoms with van der Waals surface area (Å²) in [5, 5.41) is 0. The van der Waals surface area contributed by atoms with Crippen molar-refractivity contribution in [3.63, 3.8) is 0 Å². The van der Waals surface area contributed by atoms with Crippen LogP contribution in [0.25, 0.3) is 0 Å². The Kier molecular flexibility index (Phi) is 1.54. The fourth-order valence-corrected chi connectivity index (χ4v) is 2.17. The number of rotatable bonds is 0. The molecule has 3 rings (SSSR count). The van der Waals surface area contributed by atoms with Crippen molar-refractivity contribution in [1.82, 2.24) is 0 Å². The first-order valence-electron chi connectivity index (χ1n) is 4.72. The number of ether oxygens (including phenoxy) is 2. The van der Waals surface area contributed by atoms with E-state index in [2.05, 4.69) is 0 Å². The van der Waals surface area contributed by atoms with Crippen LogP contribution in [0.5, 0.6) is 0 Å². The van der Waals surface area contributed by atoms with E-state index in [1.54, 1.807) is 0 Å². The lowest BCUT2D eigenvalue weighted by atomic mass is 10.1. The molecular weight excluding hydrogens is 180 g/mol. The second-order valence-electron chi connectivity index (χ2n) is 3.60. The predicted octanol–water partition coefficient (Wildman–Crippen LogP) is 1.47. The highest BCUT2D eigenvalue weighted by Gasteiger charge is 2.47. The van der Waals surface area contributed by atoms with Crippen molar-refractivity contribution in [2.75, 3.05) is 13.2 Å². The lowest BCUT2D eigenvalue weighted by Gasteiger charge is -2.21. The Morgan fingerprint density at radius 3 is 2.64 bits per heavy atom. The SMILES string of the molecule is O=C1CC2(OCCO2)c2ccccc21. The molecule has 1 aromatic carbocycles. The highest BCUT2D eigenvalue weighted by Crippen LogP contribution is 2.42. The molecule has 0 atom stereocenters. The minimum absolute atomic E-state index is 0.113. The van der Waals surface area contributed by atoms with Crippen LogP contribution in [-0.4, -0.2) is 19.0 Å². The van der Waals surface area contributed by atoms with Gasteiger partial charge in [-0.3, -0.25) is 4.79 Å². The number of hydrogen-bond acceptors (Lipinski definition) is 3. The summed E-state index contributed by atoms with van der Waals surface area (Å²) in [5.74, 6) is -0.643. The topological polar surface area (TPSA) is 35.5 Å². The molecule has 1 heterocycles. The lowest BCUT2D eigenvalue weighted by molar-refractivity contribution is -0.157. The second-order valence-corrected chi connectivity index (χ2v) is 3.60. The average molecular weight is 190 g/mol. The first-order valence-corrected chi connectivity index (χ1v) is 4.72. The standard InChI is InChI=1S/C11H10O3/c12-10-7-11(13-5-6-14-11)9-4-2-1-3-8(9)10/h1-4H,5-7H2. The van der Waals surface area contributed by atoms with Crippen LogP contribution in [0, 0.1) is 0 Å². The Labute approximate surface area is 81.6 Å². The maximum Gasteiger partial charge on any atom is 0.203 e. The third-order valence-corrected chi connectivity index (χ3v) is 2.78. The Balaban J connectivity index is 2.18. The van der Waals surface area contributed by atoms with Gasteiger partial charge in [-0.05, 0) is 0 Å². The molecule has 0 radical (unpaired) electrons. The molecule has 1 saturated heterocycles. The van der Waals surface area contributed by atoms with Crippen LogP contribution in [0.3, 0.4) is 0 Å². The third-order valence-electron chi connectivity index (χ3n) is 2.78. The molecule has 0 amide bonds. The molecule has 2 aliphatic rings. The molecule has 72 valence electrons. The Bertz CT molecular complexity index is 391. The molecule has 1 aliphatic heterocycles. The molecule has 3 nitrogen and oxygen atoms in total. The van der Waals surface area contributed by atoms with E-state index in [4.69, 9.17) is 9.47 Å². The Morgan fingerprint density at radius 1 is 1.14 bits per heavy atom. The molecule has 0 N–H and O–H groups in total. The summed E-state index contributed by atoms with van der Waals surface area (Å²) in [6.45, 7) is 1.14. The van der Waals surface area contributed by atoms with Gasteiger partial charge in [0.25, 0.3) is 0 Å². The number of carbonyl (C=O) groups excluding carboxylic acids is 1. The Morgan fingerprint density at radius 2 is 1.86 bits per heavy atom. The van der Waals surface area contributed by atoms with E-state index in [-0.39, 0.29) is 5.78 Å². The molecule has 1 spiro atoms. The molecular formula is C11H10O3. The number of hydrogen-bond donors (Lipinski definition) is 0. The van der Waals surface area contributed by atoms with Gasteiger partial charge in [0.2, 0.25) is 5.79 Å². The highest BCUT2D eigenvalue weighted by molar-refractivity contribution is 6.01. The highest BCUT2D eigenvalue weighted by atomic mass is 16.7. The normalized spacial score (nSPS) is 23.0. The Hall–Kier alpha value is -1.19. The van der Waals surface area contributed by atoms with Crippen molar-refractivity contribution < 1.29 is 14.3 Å². The van der Waals surface area contributed by atoms with Crippen LogP contribution in [0.15, 0.2) is 24.3 Å². The molecule has 14 heavy (non-hydrogen) atoms. The van der Waals surface area contributed by atoms with E-state index in [1.165, 1.54) is 0 Å². The maximum absolute atomic E-state index is 11.7. The predicted molar refractivity (Wildman–Crippen MR) is 49.0 cm³/mol. The van der Waals surface area contributed by atoms with Crippen molar-refractivity contribution in [3.05, 3.63) is 35.4 Å². The molecule has 0 bridgehead atoms. The van der Waals surface area contributed by atoms with Crippen LogP contribution < -0.4 is 0 Å². The molecule has 0 unspecified atom stereocenters. The first-order chi connectivity index (χ1) is 6.82. The minimum atomic E-state index is -0.756. The zero-order chi connectivity index (χ0) is 9.60. The van der Waals surface area contributed by atoms with E-state index >= 15 is 0 Å². The maximum atomic E-state index is 11.7. The largest absolute Gasteiger partial charge is 0.343 e. The van der Waals surface area contributed by atoms with Gasteiger partial charge in [-0.1, -0.05) is 24.3 Å². The second kappa shape index (κ2) is 2.65. The average Bonchev–Trinajstić information content (AvgIpc) is 2.77. The van der Waals surface area contributed by atoms with Crippen LogP contribution in [0.4, 0.5) is 0 Å². The molecule has 1 aliphatic carbocycles. The van der Waals surface area contributed by atoms with E-state index in [0.717, 1.165) is 11.1 Å². The van der Waals surface area contributed by atoms with Crippen LogP contribution in [0.1, 0.15) is 22.3 Å². The molecule has 0 aromatic heterocycles. The zero-order valence-corrected chi connectivity index (χ0v) is 7.66. The van der Waals surface area contributed by atoms with Gasteiger partial charge >= 0.3 is 0 Å². The monoisotopic (exact) mass is 190 g/mol. The number of ketones is 1.